The molecule has 0 unspecified atom stereocenters. The van der Waals surface area contributed by atoms with Crippen molar-refractivity contribution in [2.75, 3.05) is 13.2 Å². The minimum atomic E-state index is -0.601. The minimum absolute atomic E-state index is 0.349. The summed E-state index contributed by atoms with van der Waals surface area (Å²) >= 11 is 0. The molecule has 0 aromatic heterocycles. The van der Waals surface area contributed by atoms with Gasteiger partial charge in [-0.2, -0.15) is 0 Å². The number of ether oxygens (including phenoxy) is 2. The second kappa shape index (κ2) is 9.11. The molecule has 1 aromatic rings. The van der Waals surface area contributed by atoms with E-state index in [1.165, 1.54) is 0 Å². The quantitative estimate of drug-likeness (QED) is 0.558. The maximum Gasteiger partial charge on any atom is 0.338 e. The molecule has 0 fully saturated rings. The summed E-state index contributed by atoms with van der Waals surface area (Å²) in [7, 11) is 0. The molecular formula is C19H26N2O4. The van der Waals surface area contributed by atoms with Gasteiger partial charge in [0.1, 0.15) is 5.75 Å². The lowest BCUT2D eigenvalue weighted by atomic mass is 9.95. The van der Waals surface area contributed by atoms with Crippen molar-refractivity contribution in [3.8, 4) is 5.75 Å². The van der Waals surface area contributed by atoms with Gasteiger partial charge >= 0.3 is 12.0 Å². The third-order valence-electron chi connectivity index (χ3n) is 3.91. The molecule has 1 heterocycles. The van der Waals surface area contributed by atoms with E-state index < -0.39 is 12.0 Å². The summed E-state index contributed by atoms with van der Waals surface area (Å²) in [5, 5.41) is 5.46. The van der Waals surface area contributed by atoms with Crippen molar-refractivity contribution in [1.82, 2.24) is 10.6 Å². The minimum Gasteiger partial charge on any atom is -0.493 e. The average Bonchev–Trinajstić information content (AvgIpc) is 2.59. The molecule has 1 atom stereocenters. The van der Waals surface area contributed by atoms with Gasteiger partial charge in [-0.1, -0.05) is 38.5 Å². The molecule has 0 radical (unpaired) electrons. The van der Waals surface area contributed by atoms with E-state index in [0.717, 1.165) is 24.8 Å². The fourth-order valence-electron chi connectivity index (χ4n) is 2.65. The standard InChI is InChI=1S/C19H26N2O4/c1-4-6-12-25-18(22)16-13(3)20-19(23)21-17(16)14-9-7-8-10-15(14)24-11-5-2/h7-10,17H,4-6,11-12H2,1-3H3,(H2,20,21,23)/t17-/m0/s1. The van der Waals surface area contributed by atoms with E-state index in [4.69, 9.17) is 9.47 Å². The van der Waals surface area contributed by atoms with Crippen LogP contribution < -0.4 is 15.4 Å². The van der Waals surface area contributed by atoms with Crippen molar-refractivity contribution < 1.29 is 19.1 Å². The van der Waals surface area contributed by atoms with Crippen molar-refractivity contribution in [3.63, 3.8) is 0 Å². The molecule has 1 aromatic carbocycles. The van der Waals surface area contributed by atoms with E-state index in [1.807, 2.05) is 38.1 Å². The summed E-state index contributed by atoms with van der Waals surface area (Å²) in [6.45, 7) is 6.69. The van der Waals surface area contributed by atoms with E-state index in [1.54, 1.807) is 6.92 Å². The van der Waals surface area contributed by atoms with E-state index >= 15 is 0 Å². The Morgan fingerprint density at radius 1 is 1.16 bits per heavy atom. The van der Waals surface area contributed by atoms with Crippen LogP contribution in [0.5, 0.6) is 5.75 Å². The molecule has 0 saturated heterocycles. The third-order valence-corrected chi connectivity index (χ3v) is 3.91. The Balaban J connectivity index is 2.34. The number of carbonyl (C=O) groups is 2. The van der Waals surface area contributed by atoms with Crippen LogP contribution in [0.25, 0.3) is 0 Å². The summed E-state index contributed by atoms with van der Waals surface area (Å²) < 4.78 is 11.2. The number of nitrogens with one attached hydrogen (secondary N) is 2. The molecule has 25 heavy (non-hydrogen) atoms. The largest absolute Gasteiger partial charge is 0.493 e. The molecule has 6 heteroatoms. The van der Waals surface area contributed by atoms with E-state index in [0.29, 0.717) is 30.2 Å². The summed E-state index contributed by atoms with van der Waals surface area (Å²) in [5.41, 5.74) is 1.65. The number of para-hydroxylation sites is 1. The number of rotatable bonds is 8. The molecule has 2 amide bonds. The second-order valence-corrected chi connectivity index (χ2v) is 5.95. The number of hydrogen-bond donors (Lipinski definition) is 2. The molecule has 136 valence electrons. The summed E-state index contributed by atoms with van der Waals surface area (Å²) in [6, 6.07) is 6.47. The first-order chi connectivity index (χ1) is 12.1. The van der Waals surface area contributed by atoms with E-state index in [-0.39, 0.29) is 6.03 Å². The predicted molar refractivity (Wildman–Crippen MR) is 95.2 cm³/mol. The monoisotopic (exact) mass is 346 g/mol. The van der Waals surface area contributed by atoms with E-state index in [9.17, 15) is 9.59 Å². The highest BCUT2D eigenvalue weighted by molar-refractivity contribution is 5.95. The smallest absolute Gasteiger partial charge is 0.338 e. The topological polar surface area (TPSA) is 76.7 Å². The highest BCUT2D eigenvalue weighted by Gasteiger charge is 2.33. The first-order valence-electron chi connectivity index (χ1n) is 8.75. The van der Waals surface area contributed by atoms with Gasteiger partial charge in [0.05, 0.1) is 24.8 Å². The lowest BCUT2D eigenvalue weighted by molar-refractivity contribution is -0.139. The number of amides is 2. The molecule has 0 saturated carbocycles. The van der Waals surface area contributed by atoms with Crippen molar-refractivity contribution in [2.24, 2.45) is 0 Å². The molecule has 2 N–H and O–H groups in total. The predicted octanol–water partition coefficient (Wildman–Crippen LogP) is 3.45. The highest BCUT2D eigenvalue weighted by atomic mass is 16.5. The zero-order valence-corrected chi connectivity index (χ0v) is 15.1. The van der Waals surface area contributed by atoms with Crippen molar-refractivity contribution in [2.45, 2.75) is 46.1 Å². The fraction of sp³-hybridized carbons (Fsp3) is 0.474. The number of urea groups is 1. The zero-order chi connectivity index (χ0) is 18.2. The average molecular weight is 346 g/mol. The van der Waals surface area contributed by atoms with Gasteiger partial charge in [0, 0.05) is 11.3 Å². The van der Waals surface area contributed by atoms with Gasteiger partial charge in [-0.15, -0.1) is 0 Å². The van der Waals surface area contributed by atoms with Gasteiger partial charge in [-0.25, -0.2) is 9.59 Å². The first-order valence-corrected chi connectivity index (χ1v) is 8.75. The van der Waals surface area contributed by atoms with Crippen molar-refractivity contribution >= 4 is 12.0 Å². The SMILES string of the molecule is CCCCOC(=O)C1=C(C)NC(=O)N[C@H]1c1ccccc1OCCC. The van der Waals surface area contributed by atoms with Gasteiger partial charge < -0.3 is 20.1 Å². The number of allylic oxidation sites excluding steroid dienone is 1. The Kier molecular flexibility index (Phi) is 6.86. The zero-order valence-electron chi connectivity index (χ0n) is 15.1. The van der Waals surface area contributed by atoms with E-state index in [2.05, 4.69) is 10.6 Å². The van der Waals surface area contributed by atoms with Crippen LogP contribution in [0.4, 0.5) is 4.79 Å². The van der Waals surface area contributed by atoms with Crippen LogP contribution in [0.1, 0.15) is 51.6 Å². The van der Waals surface area contributed by atoms with Crippen molar-refractivity contribution in [3.05, 3.63) is 41.1 Å². The Labute approximate surface area is 148 Å². The molecule has 1 aliphatic rings. The molecular weight excluding hydrogens is 320 g/mol. The molecule has 0 aliphatic carbocycles. The van der Waals surface area contributed by atoms with Crippen LogP contribution in [-0.2, 0) is 9.53 Å². The Morgan fingerprint density at radius 2 is 1.92 bits per heavy atom. The van der Waals surface area contributed by atoms with Crippen LogP contribution in [0.15, 0.2) is 35.5 Å². The lowest BCUT2D eigenvalue weighted by Crippen LogP contribution is -2.45. The first kappa shape index (κ1) is 18.8. The van der Waals surface area contributed by atoms with Gasteiger partial charge in [0.15, 0.2) is 0 Å². The molecule has 6 nitrogen and oxygen atoms in total. The number of carbonyl (C=O) groups excluding carboxylic acids is 2. The lowest BCUT2D eigenvalue weighted by Gasteiger charge is -2.29. The fourth-order valence-corrected chi connectivity index (χ4v) is 2.65. The number of hydrogen-bond acceptors (Lipinski definition) is 4. The normalized spacial score (nSPS) is 16.9. The maximum absolute atomic E-state index is 12.6. The number of unbranched alkanes of at least 4 members (excludes halogenated alkanes) is 1. The van der Waals surface area contributed by atoms with Crippen molar-refractivity contribution in [1.29, 1.82) is 0 Å². The summed E-state index contributed by atoms with van der Waals surface area (Å²) in [6.07, 6.45) is 2.61. The van der Waals surface area contributed by atoms with Gasteiger partial charge in [0.2, 0.25) is 0 Å². The Hall–Kier alpha value is -2.50. The van der Waals surface area contributed by atoms with Gasteiger partial charge in [0.25, 0.3) is 0 Å². The molecule has 0 spiro atoms. The maximum atomic E-state index is 12.6. The van der Waals surface area contributed by atoms with Gasteiger partial charge in [-0.05, 0) is 25.8 Å². The number of benzene rings is 1. The Morgan fingerprint density at radius 3 is 2.64 bits per heavy atom. The molecule has 1 aliphatic heterocycles. The number of esters is 1. The van der Waals surface area contributed by atoms with Gasteiger partial charge in [-0.3, -0.25) is 0 Å². The third kappa shape index (κ3) is 4.75. The van der Waals surface area contributed by atoms with Crippen LogP contribution in [0.3, 0.4) is 0 Å². The Bertz CT molecular complexity index is 655. The molecule has 2 rings (SSSR count). The highest BCUT2D eigenvalue weighted by Crippen LogP contribution is 2.33. The summed E-state index contributed by atoms with van der Waals surface area (Å²) in [5.74, 6) is 0.233. The van der Waals surface area contributed by atoms with Crippen LogP contribution in [0, 0.1) is 0 Å². The van der Waals surface area contributed by atoms with Crippen LogP contribution in [-0.4, -0.2) is 25.2 Å². The van der Waals surface area contributed by atoms with Crippen LogP contribution >= 0.6 is 0 Å². The van der Waals surface area contributed by atoms with Crippen LogP contribution in [0.2, 0.25) is 0 Å². The second-order valence-electron chi connectivity index (χ2n) is 5.95. The summed E-state index contributed by atoms with van der Waals surface area (Å²) in [4.78, 5) is 24.5. The molecule has 0 bridgehead atoms.